The summed E-state index contributed by atoms with van der Waals surface area (Å²) in [6, 6.07) is 0. The van der Waals surface area contributed by atoms with Gasteiger partial charge in [-0.25, -0.2) is 0 Å². The molecule has 84 valence electrons. The van der Waals surface area contributed by atoms with Crippen molar-refractivity contribution in [1.29, 1.82) is 0 Å². The third kappa shape index (κ3) is 4.08. The van der Waals surface area contributed by atoms with E-state index in [4.69, 9.17) is 27.5 Å². The minimum Gasteiger partial charge on any atom is -0.348 e. The van der Waals surface area contributed by atoms with Crippen LogP contribution >= 0.6 is 11.6 Å². The molecule has 0 spiro atoms. The number of alkyl halides is 1. The van der Waals surface area contributed by atoms with Crippen LogP contribution in [0, 0.1) is 12.3 Å². The van der Waals surface area contributed by atoms with Gasteiger partial charge in [-0.1, -0.05) is 0 Å². The molecule has 0 aliphatic carbocycles. The van der Waals surface area contributed by atoms with Crippen molar-refractivity contribution in [3.63, 3.8) is 0 Å². The van der Waals surface area contributed by atoms with Gasteiger partial charge in [-0.05, 0) is 0 Å². The zero-order valence-electron chi connectivity index (χ0n) is 8.45. The highest BCUT2D eigenvalue weighted by Gasteiger charge is 2.22. The second-order valence-electron chi connectivity index (χ2n) is 3.10. The first-order chi connectivity index (χ1) is 7.27. The van der Waals surface area contributed by atoms with E-state index in [-0.39, 0.29) is 18.1 Å². The normalized spacial score (nSPS) is 16.3. The molecule has 0 radical (unpaired) electrons. The minimum absolute atomic E-state index is 0.0444. The molecule has 0 aromatic heterocycles. The first-order valence-corrected chi connectivity index (χ1v) is 5.31. The van der Waals surface area contributed by atoms with Gasteiger partial charge < -0.3 is 14.4 Å². The topological polar surface area (TPSA) is 38.8 Å². The van der Waals surface area contributed by atoms with E-state index in [0.29, 0.717) is 32.7 Å². The zero-order chi connectivity index (χ0) is 11.1. The summed E-state index contributed by atoms with van der Waals surface area (Å²) in [7, 11) is 0. The molecule has 0 aromatic carbocycles. The molecule has 0 aromatic rings. The molecule has 5 heteroatoms. The van der Waals surface area contributed by atoms with Crippen molar-refractivity contribution in [2.75, 3.05) is 32.2 Å². The molecule has 1 fully saturated rings. The van der Waals surface area contributed by atoms with Gasteiger partial charge in [0.1, 0.15) is 5.88 Å². The van der Waals surface area contributed by atoms with E-state index in [1.165, 1.54) is 0 Å². The van der Waals surface area contributed by atoms with E-state index in [1.54, 1.807) is 4.90 Å². The smallest absolute Gasteiger partial charge is 0.237 e. The van der Waals surface area contributed by atoms with Gasteiger partial charge in [-0.3, -0.25) is 4.79 Å². The van der Waals surface area contributed by atoms with E-state index in [9.17, 15) is 4.79 Å². The number of nitrogens with zero attached hydrogens (tertiary/aromatic N) is 1. The number of halogens is 1. The van der Waals surface area contributed by atoms with Crippen molar-refractivity contribution in [1.82, 2.24) is 4.90 Å². The lowest BCUT2D eigenvalue weighted by Crippen LogP contribution is -2.39. The molecule has 0 atom stereocenters. The van der Waals surface area contributed by atoms with E-state index < -0.39 is 0 Å². The second-order valence-corrected chi connectivity index (χ2v) is 3.37. The van der Waals surface area contributed by atoms with E-state index in [1.807, 2.05) is 0 Å². The van der Waals surface area contributed by atoms with Gasteiger partial charge >= 0.3 is 0 Å². The summed E-state index contributed by atoms with van der Waals surface area (Å²) in [5, 5.41) is 0. The van der Waals surface area contributed by atoms with Crippen molar-refractivity contribution in [3.8, 4) is 12.3 Å². The molecule has 1 aliphatic rings. The second kappa shape index (κ2) is 6.67. The van der Waals surface area contributed by atoms with Crippen LogP contribution in [0.4, 0.5) is 0 Å². The molecule has 0 saturated carbocycles. The Bertz CT molecular complexity index is 246. The third-order valence-electron chi connectivity index (χ3n) is 2.05. The number of carbonyl (C=O) groups excluding carboxylic acids is 1. The Morgan fingerprint density at radius 2 is 2.20 bits per heavy atom. The third-order valence-corrected chi connectivity index (χ3v) is 2.28. The number of rotatable bonds is 5. The Labute approximate surface area is 94.5 Å². The maximum absolute atomic E-state index is 11.4. The fraction of sp³-hybridized carbons (Fsp3) is 0.700. The summed E-state index contributed by atoms with van der Waals surface area (Å²) in [6.07, 6.45) is 5.31. The van der Waals surface area contributed by atoms with Crippen LogP contribution in [0.5, 0.6) is 0 Å². The van der Waals surface area contributed by atoms with Crippen LogP contribution < -0.4 is 0 Å². The minimum atomic E-state index is -0.338. The van der Waals surface area contributed by atoms with E-state index in [2.05, 4.69) is 5.92 Å². The Hall–Kier alpha value is -0.760. The Balaban J connectivity index is 2.40. The first kappa shape index (κ1) is 12.3. The lowest BCUT2D eigenvalue weighted by atomic mass is 10.3. The number of amides is 1. The Kier molecular flexibility index (Phi) is 5.48. The van der Waals surface area contributed by atoms with E-state index >= 15 is 0 Å². The van der Waals surface area contributed by atoms with Crippen LogP contribution in [0.15, 0.2) is 0 Å². The van der Waals surface area contributed by atoms with Crippen molar-refractivity contribution in [2.24, 2.45) is 0 Å². The van der Waals surface area contributed by atoms with Gasteiger partial charge in [0, 0.05) is 13.0 Å². The molecule has 1 amide bonds. The fourth-order valence-corrected chi connectivity index (χ4v) is 1.46. The number of terminal acetylenes is 1. The molecule has 4 nitrogen and oxygen atoms in total. The maximum atomic E-state index is 11.4. The van der Waals surface area contributed by atoms with Gasteiger partial charge in [0.2, 0.25) is 5.91 Å². The highest BCUT2D eigenvalue weighted by Crippen LogP contribution is 2.07. The predicted molar refractivity (Wildman–Crippen MR) is 56.4 cm³/mol. The molecule has 1 saturated heterocycles. The van der Waals surface area contributed by atoms with Crippen molar-refractivity contribution >= 4 is 17.5 Å². The van der Waals surface area contributed by atoms with Gasteiger partial charge in [0.05, 0.1) is 19.8 Å². The summed E-state index contributed by atoms with van der Waals surface area (Å²) < 4.78 is 10.5. The largest absolute Gasteiger partial charge is 0.348 e. The quantitative estimate of drug-likeness (QED) is 0.510. The standard InChI is InChI=1S/C10H14ClNO3/c1-2-3-4-12(9(13)7-11)8-10-14-5-6-15-10/h1,10H,3-8H2. The summed E-state index contributed by atoms with van der Waals surface area (Å²) in [6.45, 7) is 2.03. The maximum Gasteiger partial charge on any atom is 0.237 e. The van der Waals surface area contributed by atoms with Crippen LogP contribution in [-0.2, 0) is 14.3 Å². The summed E-state index contributed by atoms with van der Waals surface area (Å²) in [4.78, 5) is 13.0. The predicted octanol–water partition coefficient (Wildman–Crippen LogP) is 0.450. The lowest BCUT2D eigenvalue weighted by Gasteiger charge is -2.23. The average Bonchev–Trinajstić information content (AvgIpc) is 2.75. The Morgan fingerprint density at radius 1 is 1.53 bits per heavy atom. The molecular weight excluding hydrogens is 218 g/mol. The first-order valence-electron chi connectivity index (χ1n) is 4.78. The number of hydrogen-bond acceptors (Lipinski definition) is 3. The molecule has 0 N–H and O–H groups in total. The van der Waals surface area contributed by atoms with Gasteiger partial charge in [0.15, 0.2) is 6.29 Å². The lowest BCUT2D eigenvalue weighted by molar-refractivity contribution is -0.134. The summed E-state index contributed by atoms with van der Waals surface area (Å²) >= 11 is 5.49. The molecule has 1 rings (SSSR count). The van der Waals surface area contributed by atoms with Crippen molar-refractivity contribution in [3.05, 3.63) is 0 Å². The van der Waals surface area contributed by atoms with Crippen LogP contribution in [0.1, 0.15) is 6.42 Å². The van der Waals surface area contributed by atoms with E-state index in [0.717, 1.165) is 0 Å². The summed E-state index contributed by atoms with van der Waals surface area (Å²) in [5.74, 6) is 2.29. The molecule has 1 aliphatic heterocycles. The van der Waals surface area contributed by atoms with Crippen LogP contribution in [0.3, 0.4) is 0 Å². The SMILES string of the molecule is C#CCCN(CC1OCCO1)C(=O)CCl. The molecule has 15 heavy (non-hydrogen) atoms. The van der Waals surface area contributed by atoms with Gasteiger partial charge in [-0.15, -0.1) is 23.9 Å². The van der Waals surface area contributed by atoms with Crippen LogP contribution in [0.25, 0.3) is 0 Å². The zero-order valence-corrected chi connectivity index (χ0v) is 9.20. The van der Waals surface area contributed by atoms with Gasteiger partial charge in [-0.2, -0.15) is 0 Å². The van der Waals surface area contributed by atoms with Crippen molar-refractivity contribution in [2.45, 2.75) is 12.7 Å². The molecule has 0 unspecified atom stereocenters. The van der Waals surface area contributed by atoms with Crippen LogP contribution in [-0.4, -0.2) is 49.3 Å². The number of carbonyl (C=O) groups is 1. The average molecular weight is 232 g/mol. The fourth-order valence-electron chi connectivity index (χ4n) is 1.29. The molecule has 1 heterocycles. The molecule has 0 bridgehead atoms. The number of hydrogen-bond donors (Lipinski definition) is 0. The highest BCUT2D eigenvalue weighted by atomic mass is 35.5. The van der Waals surface area contributed by atoms with Crippen LogP contribution in [0.2, 0.25) is 0 Å². The monoisotopic (exact) mass is 231 g/mol. The Morgan fingerprint density at radius 3 is 2.73 bits per heavy atom. The van der Waals surface area contributed by atoms with Gasteiger partial charge in [0.25, 0.3) is 0 Å². The molecular formula is C10H14ClNO3. The van der Waals surface area contributed by atoms with Crippen molar-refractivity contribution < 1.29 is 14.3 Å². The number of ether oxygens (including phenoxy) is 2. The summed E-state index contributed by atoms with van der Waals surface area (Å²) in [5.41, 5.74) is 0. The highest BCUT2D eigenvalue weighted by molar-refractivity contribution is 6.27.